The van der Waals surface area contributed by atoms with E-state index in [9.17, 15) is 59.9 Å². The normalized spacial score (nSPS) is 31.9. The monoisotopic (exact) mass is 961 g/mol. The molecular formula is C49H85O16P. The van der Waals surface area contributed by atoms with E-state index in [-0.39, 0.29) is 19.3 Å². The number of aliphatic hydroxyl groups is 8. The number of phosphoric acid groups is 1. The number of fused-ring (bicyclic) bond motifs is 4. The molecule has 0 aromatic heterocycles. The fourth-order valence-corrected chi connectivity index (χ4v) is 9.09. The van der Waals surface area contributed by atoms with Gasteiger partial charge in [0.15, 0.2) is 6.10 Å². The van der Waals surface area contributed by atoms with Crippen LogP contribution in [-0.2, 0) is 32.7 Å². The maximum absolute atomic E-state index is 13.4. The minimum absolute atomic E-state index is 0.0949. The van der Waals surface area contributed by atoms with Gasteiger partial charge in [0, 0.05) is 24.7 Å². The summed E-state index contributed by atoms with van der Waals surface area (Å²) in [6, 6.07) is 0. The van der Waals surface area contributed by atoms with Crippen LogP contribution in [0, 0.1) is 11.8 Å². The van der Waals surface area contributed by atoms with Crippen LogP contribution in [0.2, 0.25) is 0 Å². The van der Waals surface area contributed by atoms with E-state index in [1.54, 1.807) is 0 Å². The van der Waals surface area contributed by atoms with E-state index in [4.69, 9.17) is 18.5 Å². The molecule has 0 radical (unpaired) electrons. The third-order valence-electron chi connectivity index (χ3n) is 12.2. The molecule has 1 unspecified atom stereocenters. The molecule has 2 aliphatic rings. The molecule has 16 nitrogen and oxygen atoms in total. The molecule has 0 saturated heterocycles. The van der Waals surface area contributed by atoms with Gasteiger partial charge in [0.1, 0.15) is 31.0 Å². The number of cyclic esters (lactones) is 1. The Morgan fingerprint density at radius 1 is 0.758 bits per heavy atom. The first-order valence-corrected chi connectivity index (χ1v) is 26.2. The molecule has 382 valence electrons. The van der Waals surface area contributed by atoms with Crippen molar-refractivity contribution in [2.24, 2.45) is 11.8 Å². The number of aliphatic hydroxyl groups excluding tert-OH is 8. The minimum Gasteiger partial charge on any atom is -0.462 e. The van der Waals surface area contributed by atoms with Gasteiger partial charge in [-0.05, 0) is 51.4 Å². The lowest BCUT2D eigenvalue weighted by Gasteiger charge is -2.37. The van der Waals surface area contributed by atoms with Crippen LogP contribution in [0.3, 0.4) is 0 Å². The Kier molecular flexibility index (Phi) is 31.6. The van der Waals surface area contributed by atoms with Crippen molar-refractivity contribution in [3.63, 3.8) is 0 Å². The Bertz CT molecular complexity index is 1470. The van der Waals surface area contributed by atoms with Gasteiger partial charge < -0.3 is 55.2 Å². The summed E-state index contributed by atoms with van der Waals surface area (Å²) < 4.78 is 34.4. The van der Waals surface area contributed by atoms with E-state index in [0.717, 1.165) is 51.4 Å². The third kappa shape index (κ3) is 24.8. The van der Waals surface area contributed by atoms with Crippen LogP contribution in [0.15, 0.2) is 48.6 Å². The lowest BCUT2D eigenvalue weighted by molar-refractivity contribution is -0.167. The average molecular weight is 961 g/mol. The summed E-state index contributed by atoms with van der Waals surface area (Å²) in [6.07, 6.45) is 13.3. The molecular weight excluding hydrogens is 875 g/mol. The summed E-state index contributed by atoms with van der Waals surface area (Å²) in [4.78, 5) is 36.4. The second-order valence-corrected chi connectivity index (χ2v) is 19.4. The summed E-state index contributed by atoms with van der Waals surface area (Å²) in [5.74, 6) is -4.24. The number of ether oxygens (including phenoxy) is 2. The highest BCUT2D eigenvalue weighted by atomic mass is 31.2. The lowest BCUT2D eigenvalue weighted by Crippen LogP contribution is -2.55. The number of carbonyl (C=O) groups is 2. The molecule has 13 atom stereocenters. The van der Waals surface area contributed by atoms with Gasteiger partial charge in [0.2, 0.25) is 0 Å². The predicted octanol–water partition coefficient (Wildman–Crippen LogP) is 6.33. The summed E-state index contributed by atoms with van der Waals surface area (Å²) in [6.45, 7) is 2.78. The standard InChI is InChI=1S/C49H85O16P/c1-3-5-7-8-9-10-11-12-13-14-15-16-17-18-19-20-21-22-24-29-42(53)62-34-37-35-63-66(60,61)65-49-47(58)45(56)39(32-31-36(50)27-23-6-4-2)41(52)33-40(51)38(44(55)46(57)48(49)59)28-25-26-30-43(54)64-37/h9-10,12-13,25-26,31-32,36-41,44-52,55-59H,3-8,11,14-24,27-30,33-35H2,1-2H3,(H,60,61)/b10-9-,13-12-,26-25-,32-31-/t36-,37-,38-,39+,40+,41-,44-,45-,46+,47-,48-,49-/m1/s1. The van der Waals surface area contributed by atoms with Crippen LogP contribution >= 0.6 is 7.82 Å². The maximum Gasteiger partial charge on any atom is 0.472 e. The first-order valence-electron chi connectivity index (χ1n) is 24.7. The van der Waals surface area contributed by atoms with Crippen LogP contribution in [0.4, 0.5) is 0 Å². The predicted molar refractivity (Wildman–Crippen MR) is 251 cm³/mol. The zero-order chi connectivity index (χ0) is 48.7. The topological polar surface area (TPSA) is 270 Å². The molecule has 2 bridgehead atoms. The van der Waals surface area contributed by atoms with Crippen LogP contribution in [0.25, 0.3) is 0 Å². The fraction of sp³-hybridized carbons (Fsp3) is 0.796. The third-order valence-corrected chi connectivity index (χ3v) is 13.2. The summed E-state index contributed by atoms with van der Waals surface area (Å²) in [5.41, 5.74) is 0. The van der Waals surface area contributed by atoms with Crippen molar-refractivity contribution in [3.8, 4) is 0 Å². The number of rotatable bonds is 26. The van der Waals surface area contributed by atoms with Crippen molar-refractivity contribution in [2.45, 2.75) is 223 Å². The van der Waals surface area contributed by atoms with E-state index in [0.29, 0.717) is 19.3 Å². The van der Waals surface area contributed by atoms with Crippen molar-refractivity contribution in [3.05, 3.63) is 48.6 Å². The Balaban J connectivity index is 2.01. The number of hydrogen-bond acceptors (Lipinski definition) is 15. The molecule has 66 heavy (non-hydrogen) atoms. The molecule has 0 aromatic rings. The Labute approximate surface area is 393 Å². The second kappa shape index (κ2) is 34.9. The first kappa shape index (κ1) is 59.8. The largest absolute Gasteiger partial charge is 0.472 e. The van der Waals surface area contributed by atoms with Gasteiger partial charge in [-0.2, -0.15) is 0 Å². The molecule has 1 aliphatic carbocycles. The molecule has 9 N–H and O–H groups in total. The first-order chi connectivity index (χ1) is 31.6. The Hall–Kier alpha value is -2.31. The molecule has 1 saturated carbocycles. The second-order valence-electron chi connectivity index (χ2n) is 17.9. The van der Waals surface area contributed by atoms with Gasteiger partial charge in [-0.1, -0.05) is 140 Å². The van der Waals surface area contributed by atoms with E-state index in [2.05, 4.69) is 31.2 Å². The smallest absolute Gasteiger partial charge is 0.462 e. The van der Waals surface area contributed by atoms with Crippen LogP contribution in [0.1, 0.15) is 162 Å². The summed E-state index contributed by atoms with van der Waals surface area (Å²) in [5, 5.41) is 89.5. The Morgan fingerprint density at radius 3 is 2.00 bits per heavy atom. The van der Waals surface area contributed by atoms with Crippen molar-refractivity contribution in [1.82, 2.24) is 0 Å². The maximum atomic E-state index is 13.4. The average Bonchev–Trinajstić information content (AvgIpc) is 3.28. The van der Waals surface area contributed by atoms with Gasteiger partial charge in [0.05, 0.1) is 43.5 Å². The molecule has 1 heterocycles. The van der Waals surface area contributed by atoms with Gasteiger partial charge in [-0.15, -0.1) is 0 Å². The van der Waals surface area contributed by atoms with Gasteiger partial charge >= 0.3 is 19.8 Å². The van der Waals surface area contributed by atoms with E-state index in [1.165, 1.54) is 75.7 Å². The van der Waals surface area contributed by atoms with E-state index < -0.39 is 112 Å². The van der Waals surface area contributed by atoms with Gasteiger partial charge in [0.25, 0.3) is 0 Å². The van der Waals surface area contributed by atoms with E-state index in [1.807, 2.05) is 6.92 Å². The highest BCUT2D eigenvalue weighted by Gasteiger charge is 2.49. The van der Waals surface area contributed by atoms with Crippen molar-refractivity contribution < 1.29 is 78.4 Å². The number of unbranched alkanes of at least 4 members (excludes halogenated alkanes) is 14. The lowest BCUT2D eigenvalue weighted by atomic mass is 9.83. The fourth-order valence-electron chi connectivity index (χ4n) is 8.12. The zero-order valence-corrected chi connectivity index (χ0v) is 40.4. The summed E-state index contributed by atoms with van der Waals surface area (Å²) in [7, 11) is -5.43. The van der Waals surface area contributed by atoms with Crippen molar-refractivity contribution in [1.29, 1.82) is 0 Å². The molecule has 1 fully saturated rings. The van der Waals surface area contributed by atoms with Gasteiger partial charge in [-0.3, -0.25) is 18.6 Å². The summed E-state index contributed by atoms with van der Waals surface area (Å²) >= 11 is 0. The minimum atomic E-state index is -5.43. The molecule has 0 amide bonds. The number of carbonyl (C=O) groups excluding carboxylic acids is 2. The van der Waals surface area contributed by atoms with Crippen LogP contribution in [-0.4, -0.2) is 132 Å². The Morgan fingerprint density at radius 2 is 1.35 bits per heavy atom. The number of esters is 2. The van der Waals surface area contributed by atoms with Crippen molar-refractivity contribution >= 4 is 19.8 Å². The van der Waals surface area contributed by atoms with Crippen LogP contribution in [0.5, 0.6) is 0 Å². The van der Waals surface area contributed by atoms with Crippen LogP contribution < -0.4 is 0 Å². The SMILES string of the molecule is CCCCC/C=C\C/C=C\CCCCCCCCCCCC(=O)OC[C@@H]1COP(=O)(O)O[C@H]2[C@H](O)[C@@H](O)[C@H](O)[C@H](C/C=C\CC(=O)O1)[C@@H](O)C[C@@H](O)[C@H](/C=C\[C@H](O)CCCCC)[C@@H](O)[C@H]2O. The molecule has 0 aromatic carbocycles. The highest BCUT2D eigenvalue weighted by molar-refractivity contribution is 7.47. The van der Waals surface area contributed by atoms with Gasteiger partial charge in [-0.25, -0.2) is 4.57 Å². The molecule has 1 aliphatic heterocycles. The molecule has 0 spiro atoms. The zero-order valence-electron chi connectivity index (χ0n) is 39.6. The van der Waals surface area contributed by atoms with E-state index >= 15 is 0 Å². The quantitative estimate of drug-likeness (QED) is 0.0198. The highest BCUT2D eigenvalue weighted by Crippen LogP contribution is 2.47. The molecule has 2 rings (SSSR count). The number of phosphoric ester groups is 1. The number of allylic oxidation sites excluding steroid dienone is 5. The molecule has 17 heteroatoms. The number of hydrogen-bond donors (Lipinski definition) is 9. The van der Waals surface area contributed by atoms with Crippen molar-refractivity contribution in [2.75, 3.05) is 13.2 Å².